The van der Waals surface area contributed by atoms with E-state index in [-0.39, 0.29) is 12.2 Å². The highest BCUT2D eigenvalue weighted by atomic mass is 16.3. The second-order valence-electron chi connectivity index (χ2n) is 5.84. The van der Waals surface area contributed by atoms with Gasteiger partial charge in [-0.3, -0.25) is 0 Å². The summed E-state index contributed by atoms with van der Waals surface area (Å²) in [6.07, 6.45) is 5.58. The summed E-state index contributed by atoms with van der Waals surface area (Å²) in [5.41, 5.74) is -0.364. The Balaban J connectivity index is 1.89. The fourth-order valence-electron chi connectivity index (χ4n) is 3.30. The summed E-state index contributed by atoms with van der Waals surface area (Å²) in [6.45, 7) is 5.36. The largest absolute Gasteiger partial charge is 0.396 e. The number of hydrogen-bond donors (Lipinski definition) is 2. The summed E-state index contributed by atoms with van der Waals surface area (Å²) in [4.78, 5) is 2.42. The lowest BCUT2D eigenvalue weighted by atomic mass is 9.71. The molecule has 2 N–H and O–H groups in total. The molecule has 3 atom stereocenters. The molecule has 1 heterocycles. The van der Waals surface area contributed by atoms with Crippen LogP contribution in [0.4, 0.5) is 0 Å². The van der Waals surface area contributed by atoms with Crippen molar-refractivity contribution >= 4 is 0 Å². The molecule has 1 aliphatic carbocycles. The average molecular weight is 227 g/mol. The lowest BCUT2D eigenvalue weighted by molar-refractivity contribution is -0.0975. The van der Waals surface area contributed by atoms with Crippen LogP contribution in [-0.2, 0) is 0 Å². The lowest BCUT2D eigenvalue weighted by Gasteiger charge is -2.47. The van der Waals surface area contributed by atoms with Crippen LogP contribution in [0.3, 0.4) is 0 Å². The molecule has 2 aliphatic rings. The van der Waals surface area contributed by atoms with E-state index in [0.717, 1.165) is 32.5 Å². The van der Waals surface area contributed by atoms with Crippen LogP contribution in [0.1, 0.15) is 39.0 Å². The highest BCUT2D eigenvalue weighted by molar-refractivity contribution is 4.95. The van der Waals surface area contributed by atoms with Gasteiger partial charge in [-0.1, -0.05) is 19.8 Å². The molecule has 1 aliphatic heterocycles. The summed E-state index contributed by atoms with van der Waals surface area (Å²) in [7, 11) is 0. The summed E-state index contributed by atoms with van der Waals surface area (Å²) in [5, 5.41) is 19.6. The van der Waals surface area contributed by atoms with Gasteiger partial charge in [-0.05, 0) is 25.2 Å². The first-order chi connectivity index (χ1) is 7.64. The normalized spacial score (nSPS) is 38.1. The second-order valence-corrected chi connectivity index (χ2v) is 5.84. The van der Waals surface area contributed by atoms with Crippen molar-refractivity contribution < 1.29 is 10.2 Å². The van der Waals surface area contributed by atoms with Gasteiger partial charge >= 0.3 is 0 Å². The molecule has 1 saturated heterocycles. The van der Waals surface area contributed by atoms with E-state index in [4.69, 9.17) is 5.11 Å². The van der Waals surface area contributed by atoms with Gasteiger partial charge in [0.1, 0.15) is 0 Å². The third kappa shape index (κ3) is 2.58. The molecule has 1 saturated carbocycles. The minimum atomic E-state index is -0.364. The Morgan fingerprint density at radius 3 is 2.94 bits per heavy atom. The van der Waals surface area contributed by atoms with Crippen molar-refractivity contribution in [1.82, 2.24) is 4.90 Å². The van der Waals surface area contributed by atoms with Gasteiger partial charge in [0.15, 0.2) is 0 Å². The van der Waals surface area contributed by atoms with Crippen molar-refractivity contribution in [2.45, 2.75) is 44.6 Å². The van der Waals surface area contributed by atoms with Crippen molar-refractivity contribution in [2.24, 2.45) is 11.8 Å². The van der Waals surface area contributed by atoms with Gasteiger partial charge in [0.25, 0.3) is 0 Å². The van der Waals surface area contributed by atoms with Crippen molar-refractivity contribution in [3.8, 4) is 0 Å². The Bertz CT molecular complexity index is 234. The van der Waals surface area contributed by atoms with Crippen LogP contribution in [0.5, 0.6) is 0 Å². The number of piperidine rings is 1. The zero-order valence-electron chi connectivity index (χ0n) is 10.4. The Labute approximate surface area is 98.5 Å². The molecule has 0 aromatic heterocycles. The third-order valence-electron chi connectivity index (χ3n) is 4.39. The van der Waals surface area contributed by atoms with Crippen molar-refractivity contribution in [2.75, 3.05) is 26.2 Å². The molecule has 94 valence electrons. The molecule has 0 aromatic rings. The standard InChI is InChI=1S/C13H25NO2/c1-11(10-15)8-14-7-6-13(16)5-3-2-4-12(13)9-14/h11-12,15-16H,2-10H2,1H3. The minimum absolute atomic E-state index is 0.269. The van der Waals surface area contributed by atoms with E-state index >= 15 is 0 Å². The maximum Gasteiger partial charge on any atom is 0.0700 e. The van der Waals surface area contributed by atoms with Gasteiger partial charge in [0.2, 0.25) is 0 Å². The topological polar surface area (TPSA) is 43.7 Å². The van der Waals surface area contributed by atoms with Crippen LogP contribution in [-0.4, -0.2) is 47.0 Å². The van der Waals surface area contributed by atoms with E-state index in [1.807, 2.05) is 0 Å². The van der Waals surface area contributed by atoms with Gasteiger partial charge in [-0.25, -0.2) is 0 Å². The predicted octanol–water partition coefficient (Wildman–Crippen LogP) is 1.24. The number of rotatable bonds is 3. The molecule has 3 nitrogen and oxygen atoms in total. The SMILES string of the molecule is CC(CO)CN1CCC2(O)CCCCC2C1. The number of aliphatic hydroxyl groups is 2. The van der Waals surface area contributed by atoms with Gasteiger partial charge in [0.05, 0.1) is 5.60 Å². The molecule has 16 heavy (non-hydrogen) atoms. The molecule has 2 rings (SSSR count). The van der Waals surface area contributed by atoms with E-state index in [2.05, 4.69) is 11.8 Å². The molecule has 0 bridgehead atoms. The minimum Gasteiger partial charge on any atom is -0.396 e. The van der Waals surface area contributed by atoms with E-state index in [0.29, 0.717) is 11.8 Å². The van der Waals surface area contributed by atoms with E-state index in [9.17, 15) is 5.11 Å². The van der Waals surface area contributed by atoms with Crippen LogP contribution in [0, 0.1) is 11.8 Å². The Hall–Kier alpha value is -0.120. The Morgan fingerprint density at radius 2 is 2.19 bits per heavy atom. The smallest absolute Gasteiger partial charge is 0.0700 e. The lowest BCUT2D eigenvalue weighted by Crippen LogP contribution is -2.54. The second kappa shape index (κ2) is 5.03. The van der Waals surface area contributed by atoms with E-state index < -0.39 is 0 Å². The molecule has 0 radical (unpaired) electrons. The number of aliphatic hydroxyl groups excluding tert-OH is 1. The van der Waals surface area contributed by atoms with Gasteiger partial charge in [0, 0.05) is 32.2 Å². The van der Waals surface area contributed by atoms with Crippen molar-refractivity contribution in [1.29, 1.82) is 0 Å². The predicted molar refractivity (Wildman–Crippen MR) is 64.2 cm³/mol. The Kier molecular flexibility index (Phi) is 3.88. The van der Waals surface area contributed by atoms with Gasteiger partial charge in [-0.2, -0.15) is 0 Å². The molecule has 2 fully saturated rings. The number of fused-ring (bicyclic) bond motifs is 1. The zero-order valence-corrected chi connectivity index (χ0v) is 10.4. The van der Waals surface area contributed by atoms with Crippen LogP contribution in [0.25, 0.3) is 0 Å². The van der Waals surface area contributed by atoms with Crippen LogP contribution >= 0.6 is 0 Å². The number of nitrogens with zero attached hydrogens (tertiary/aromatic N) is 1. The van der Waals surface area contributed by atoms with Crippen molar-refractivity contribution in [3.63, 3.8) is 0 Å². The number of hydrogen-bond acceptors (Lipinski definition) is 3. The van der Waals surface area contributed by atoms with Crippen molar-refractivity contribution in [3.05, 3.63) is 0 Å². The summed E-state index contributed by atoms with van der Waals surface area (Å²) in [5.74, 6) is 0.829. The quantitative estimate of drug-likeness (QED) is 0.762. The maximum atomic E-state index is 10.5. The van der Waals surface area contributed by atoms with Crippen LogP contribution < -0.4 is 0 Å². The molecule has 0 amide bonds. The van der Waals surface area contributed by atoms with Gasteiger partial charge < -0.3 is 15.1 Å². The highest BCUT2D eigenvalue weighted by Crippen LogP contribution is 2.39. The first kappa shape index (κ1) is 12.3. The average Bonchev–Trinajstić information content (AvgIpc) is 2.29. The molecular formula is C13H25NO2. The van der Waals surface area contributed by atoms with Gasteiger partial charge in [-0.15, -0.1) is 0 Å². The highest BCUT2D eigenvalue weighted by Gasteiger charge is 2.42. The molecule has 0 spiro atoms. The first-order valence-electron chi connectivity index (χ1n) is 6.69. The van der Waals surface area contributed by atoms with E-state index in [1.54, 1.807) is 0 Å². The molecule has 3 unspecified atom stereocenters. The monoisotopic (exact) mass is 227 g/mol. The zero-order chi connectivity index (χ0) is 11.6. The summed E-state index contributed by atoms with van der Waals surface area (Å²) in [6, 6.07) is 0. The number of likely N-dealkylation sites (tertiary alicyclic amines) is 1. The molecule has 3 heteroatoms. The fourth-order valence-corrected chi connectivity index (χ4v) is 3.30. The summed E-state index contributed by atoms with van der Waals surface area (Å²) < 4.78 is 0. The first-order valence-corrected chi connectivity index (χ1v) is 6.69. The summed E-state index contributed by atoms with van der Waals surface area (Å²) >= 11 is 0. The van der Waals surface area contributed by atoms with E-state index in [1.165, 1.54) is 19.3 Å². The van der Waals surface area contributed by atoms with Crippen LogP contribution in [0.15, 0.2) is 0 Å². The maximum absolute atomic E-state index is 10.5. The molecular weight excluding hydrogens is 202 g/mol. The molecule has 0 aromatic carbocycles. The Morgan fingerprint density at radius 1 is 1.38 bits per heavy atom. The third-order valence-corrected chi connectivity index (χ3v) is 4.39. The fraction of sp³-hybridized carbons (Fsp3) is 1.00. The van der Waals surface area contributed by atoms with Crippen LogP contribution in [0.2, 0.25) is 0 Å².